The van der Waals surface area contributed by atoms with Gasteiger partial charge in [-0.25, -0.2) is 9.59 Å². The van der Waals surface area contributed by atoms with Crippen LogP contribution in [-0.2, 0) is 28.7 Å². The summed E-state index contributed by atoms with van der Waals surface area (Å²) in [7, 11) is 2.85. The lowest BCUT2D eigenvalue weighted by molar-refractivity contribution is -0.141. The summed E-state index contributed by atoms with van der Waals surface area (Å²) in [5.74, 6) is -1.80. The van der Waals surface area contributed by atoms with Gasteiger partial charge in [0.2, 0.25) is 0 Å². The number of carbonyl (C=O) groups excluding carboxylic acids is 4. The average molecular weight is 597 g/mol. The fraction of sp³-hybridized carbons (Fsp3) is 0.250. The zero-order chi connectivity index (χ0) is 33.1. The van der Waals surface area contributed by atoms with Gasteiger partial charge in [-0.05, 0) is 62.4 Å². The molecule has 2 aromatic carbocycles. The Morgan fingerprint density at radius 1 is 0.659 bits per heavy atom. The molecule has 0 saturated heterocycles. The third-order valence-corrected chi connectivity index (χ3v) is 5.42. The van der Waals surface area contributed by atoms with Gasteiger partial charge in [0, 0.05) is 11.1 Å². The Labute approximate surface area is 254 Å². The molecule has 12 heteroatoms. The van der Waals surface area contributed by atoms with Gasteiger partial charge in [0.25, 0.3) is 0 Å². The van der Waals surface area contributed by atoms with E-state index in [0.717, 1.165) is 0 Å². The quantitative estimate of drug-likeness (QED) is 0.112. The third kappa shape index (κ3) is 11.3. The fourth-order valence-corrected chi connectivity index (χ4v) is 3.25. The zero-order valence-corrected chi connectivity index (χ0v) is 24.5. The van der Waals surface area contributed by atoms with Crippen molar-refractivity contribution in [3.8, 4) is 35.8 Å². The lowest BCUT2D eigenvalue weighted by Crippen LogP contribution is -2.14. The number of rotatable bonds is 12. The maximum atomic E-state index is 11.9. The van der Waals surface area contributed by atoms with E-state index in [4.69, 9.17) is 40.0 Å². The Bertz CT molecular complexity index is 1510. The first-order valence-corrected chi connectivity index (χ1v) is 12.8. The van der Waals surface area contributed by atoms with Gasteiger partial charge < -0.3 is 18.9 Å². The molecule has 224 valence electrons. The molecule has 0 fully saturated rings. The number of Topliss-reactive ketones (excluding diaryl/α,β-unsaturated/α-hetero) is 2. The van der Waals surface area contributed by atoms with E-state index >= 15 is 0 Å². The second-order valence-electron chi connectivity index (χ2n) is 8.45. The van der Waals surface area contributed by atoms with Crippen LogP contribution in [0.1, 0.15) is 48.9 Å². The Hall–Kier alpha value is -6.24. The summed E-state index contributed by atoms with van der Waals surface area (Å²) >= 11 is 0. The Morgan fingerprint density at radius 2 is 1.02 bits per heavy atom. The molecule has 0 unspecified atom stereocenters. The van der Waals surface area contributed by atoms with Crippen LogP contribution in [0.3, 0.4) is 0 Å². The molecule has 0 aliphatic heterocycles. The average Bonchev–Trinajstić information content (AvgIpc) is 3.02. The van der Waals surface area contributed by atoms with E-state index in [2.05, 4.69) is 0 Å². The van der Waals surface area contributed by atoms with Crippen molar-refractivity contribution in [1.29, 1.82) is 21.0 Å². The number of esters is 2. The lowest BCUT2D eigenvalue weighted by Gasteiger charge is -2.08. The van der Waals surface area contributed by atoms with Gasteiger partial charge >= 0.3 is 11.9 Å². The normalized spacial score (nSPS) is 10.3. The van der Waals surface area contributed by atoms with Gasteiger partial charge in [-0.3, -0.25) is 9.59 Å². The SMILES string of the molecule is COc1cc(C#N)ccc1/C=C(/C(C)=O)C(=O)OCCC#N.COc1cc(C#N)ccc1/C=C(\C(C)=O)C(=O)OCCC#N. The monoisotopic (exact) mass is 596 g/mol. The minimum Gasteiger partial charge on any atom is -0.496 e. The molecule has 0 N–H and O–H groups in total. The highest BCUT2D eigenvalue weighted by Crippen LogP contribution is 2.24. The van der Waals surface area contributed by atoms with Crippen molar-refractivity contribution in [2.24, 2.45) is 0 Å². The first-order valence-electron chi connectivity index (χ1n) is 12.8. The molecule has 0 heterocycles. The molecule has 12 nitrogen and oxygen atoms in total. The van der Waals surface area contributed by atoms with E-state index in [-0.39, 0.29) is 37.2 Å². The van der Waals surface area contributed by atoms with Crippen LogP contribution in [0.5, 0.6) is 11.5 Å². The third-order valence-electron chi connectivity index (χ3n) is 5.42. The standard InChI is InChI=1S/2C16H14N2O4/c2*1-11(19)14(16(20)22-7-3-6-17)9-13-5-4-12(10-18)8-15(13)21-2/h2*4-5,8-9H,3,7H2,1-2H3/b14-9+;14-9-. The molecule has 0 saturated carbocycles. The van der Waals surface area contributed by atoms with Gasteiger partial charge in [-0.15, -0.1) is 0 Å². The molecule has 0 aliphatic rings. The van der Waals surface area contributed by atoms with Crippen LogP contribution < -0.4 is 9.47 Å². The number of carbonyl (C=O) groups is 4. The van der Waals surface area contributed by atoms with E-state index in [1.807, 2.05) is 24.3 Å². The van der Waals surface area contributed by atoms with Crippen molar-refractivity contribution in [3.05, 3.63) is 69.8 Å². The molecule has 0 aliphatic carbocycles. The first kappa shape index (κ1) is 35.8. The van der Waals surface area contributed by atoms with Crippen LogP contribution in [0.25, 0.3) is 12.2 Å². The fourth-order valence-electron chi connectivity index (χ4n) is 3.25. The summed E-state index contributed by atoms with van der Waals surface area (Å²) in [5, 5.41) is 34.5. The molecule has 0 bridgehead atoms. The smallest absolute Gasteiger partial charge is 0.341 e. The molecule has 0 atom stereocenters. The van der Waals surface area contributed by atoms with E-state index in [0.29, 0.717) is 33.8 Å². The first-order chi connectivity index (χ1) is 21.1. The highest BCUT2D eigenvalue weighted by molar-refractivity contribution is 6.20. The van der Waals surface area contributed by atoms with Crippen LogP contribution in [0.4, 0.5) is 0 Å². The maximum absolute atomic E-state index is 11.9. The second-order valence-corrected chi connectivity index (χ2v) is 8.45. The van der Waals surface area contributed by atoms with Crippen molar-refractivity contribution in [3.63, 3.8) is 0 Å². The predicted octanol–water partition coefficient (Wildman–Crippen LogP) is 3.99. The Kier molecular flexibility index (Phi) is 15.4. The van der Waals surface area contributed by atoms with E-state index in [1.165, 1.54) is 52.4 Å². The Morgan fingerprint density at radius 3 is 1.30 bits per heavy atom. The summed E-state index contributed by atoms with van der Waals surface area (Å²) in [6, 6.07) is 16.9. The van der Waals surface area contributed by atoms with Crippen LogP contribution in [-0.4, -0.2) is 50.9 Å². The van der Waals surface area contributed by atoms with Gasteiger partial charge in [-0.1, -0.05) is 0 Å². The minimum absolute atomic E-state index is 0.0527. The van der Waals surface area contributed by atoms with Crippen molar-refractivity contribution in [2.75, 3.05) is 27.4 Å². The second kappa shape index (κ2) is 19.0. The summed E-state index contributed by atoms with van der Waals surface area (Å²) < 4.78 is 20.0. The van der Waals surface area contributed by atoms with Crippen LogP contribution in [0.15, 0.2) is 47.5 Å². The van der Waals surface area contributed by atoms with E-state index in [9.17, 15) is 19.2 Å². The molecule has 44 heavy (non-hydrogen) atoms. The molecular weight excluding hydrogens is 568 g/mol. The highest BCUT2D eigenvalue weighted by atomic mass is 16.5. The summed E-state index contributed by atoms with van der Waals surface area (Å²) in [6.45, 7) is 2.33. The lowest BCUT2D eigenvalue weighted by atomic mass is 10.1. The van der Waals surface area contributed by atoms with Crippen molar-refractivity contribution in [1.82, 2.24) is 0 Å². The predicted molar refractivity (Wildman–Crippen MR) is 155 cm³/mol. The number of nitrogens with zero attached hydrogens (tertiary/aromatic N) is 4. The highest BCUT2D eigenvalue weighted by Gasteiger charge is 2.18. The maximum Gasteiger partial charge on any atom is 0.341 e. The zero-order valence-electron chi connectivity index (χ0n) is 24.5. The number of nitriles is 4. The van der Waals surface area contributed by atoms with Gasteiger partial charge in [-0.2, -0.15) is 21.0 Å². The molecule has 2 aromatic rings. The van der Waals surface area contributed by atoms with E-state index < -0.39 is 23.5 Å². The number of hydrogen-bond donors (Lipinski definition) is 0. The van der Waals surface area contributed by atoms with Gasteiger partial charge in [0.15, 0.2) is 11.6 Å². The molecule has 0 amide bonds. The van der Waals surface area contributed by atoms with Gasteiger partial charge in [0.05, 0.1) is 62.5 Å². The minimum atomic E-state index is -0.797. The number of methoxy groups -OCH3 is 2. The van der Waals surface area contributed by atoms with Gasteiger partial charge in [0.1, 0.15) is 35.9 Å². The summed E-state index contributed by atoms with van der Waals surface area (Å²) in [5.41, 5.74) is 1.44. The van der Waals surface area contributed by atoms with Crippen LogP contribution in [0.2, 0.25) is 0 Å². The number of ether oxygens (including phenoxy) is 4. The number of benzene rings is 2. The number of hydrogen-bond acceptors (Lipinski definition) is 12. The molecule has 2 rings (SSSR count). The van der Waals surface area contributed by atoms with E-state index in [1.54, 1.807) is 24.3 Å². The Balaban J connectivity index is 0.000000440. The van der Waals surface area contributed by atoms with Crippen molar-refractivity contribution < 1.29 is 38.1 Å². The van der Waals surface area contributed by atoms with Crippen molar-refractivity contribution in [2.45, 2.75) is 26.7 Å². The van der Waals surface area contributed by atoms with Crippen molar-refractivity contribution >= 4 is 35.7 Å². The largest absolute Gasteiger partial charge is 0.496 e. The topological polar surface area (TPSA) is 200 Å². The number of ketones is 2. The van der Waals surface area contributed by atoms with Crippen LogP contribution in [0, 0.1) is 45.3 Å². The molecule has 0 aromatic heterocycles. The molecular formula is C32H28N4O8. The molecule has 0 radical (unpaired) electrons. The molecule has 0 spiro atoms. The van der Waals surface area contributed by atoms with Crippen LogP contribution >= 0.6 is 0 Å². The summed E-state index contributed by atoms with van der Waals surface area (Å²) in [4.78, 5) is 47.0. The summed E-state index contributed by atoms with van der Waals surface area (Å²) in [6.07, 6.45) is 2.79.